The Morgan fingerprint density at radius 2 is 1.57 bits per heavy atom. The Morgan fingerprint density at radius 3 is 2.21 bits per heavy atom. The monoisotopic (exact) mass is 383 g/mol. The first-order valence-electron chi connectivity index (χ1n) is 9.17. The zero-order chi connectivity index (χ0) is 20.3. The predicted octanol–water partition coefficient (Wildman–Crippen LogP) is 3.27. The zero-order valence-corrected chi connectivity index (χ0v) is 15.2. The van der Waals surface area contributed by atoms with Crippen LogP contribution in [0.5, 0.6) is 0 Å². The molecule has 0 amide bonds. The SMILES string of the molecule is O=C(O)c1ccc(-c2ccc(C(=O)O)c(C(=O)[C@@H]3CCCC[C@@H](O)C3)n2)cc1. The average Bonchev–Trinajstić information content (AvgIpc) is 2.91. The highest BCUT2D eigenvalue weighted by Gasteiger charge is 2.29. The van der Waals surface area contributed by atoms with Crippen LogP contribution in [0.2, 0.25) is 0 Å². The lowest BCUT2D eigenvalue weighted by molar-refractivity contribution is 0.0681. The molecule has 7 heteroatoms. The van der Waals surface area contributed by atoms with E-state index in [0.717, 1.165) is 12.8 Å². The van der Waals surface area contributed by atoms with Gasteiger partial charge in [0.25, 0.3) is 0 Å². The lowest BCUT2D eigenvalue weighted by atomic mass is 9.90. The van der Waals surface area contributed by atoms with Crippen molar-refractivity contribution in [3.8, 4) is 11.3 Å². The van der Waals surface area contributed by atoms with Crippen molar-refractivity contribution in [3.63, 3.8) is 0 Å². The van der Waals surface area contributed by atoms with Crippen molar-refractivity contribution in [2.75, 3.05) is 0 Å². The van der Waals surface area contributed by atoms with Gasteiger partial charge in [-0.05, 0) is 43.5 Å². The number of benzene rings is 1. The molecule has 0 unspecified atom stereocenters. The summed E-state index contributed by atoms with van der Waals surface area (Å²) in [5.74, 6) is -3.13. The molecule has 0 bridgehead atoms. The van der Waals surface area contributed by atoms with Gasteiger partial charge in [0.05, 0.1) is 22.9 Å². The number of carbonyl (C=O) groups is 3. The Labute approximate surface area is 161 Å². The minimum atomic E-state index is -1.24. The summed E-state index contributed by atoms with van der Waals surface area (Å²) in [6.07, 6.45) is 2.59. The number of carbonyl (C=O) groups excluding carboxylic acids is 1. The molecule has 28 heavy (non-hydrogen) atoms. The molecule has 1 aromatic carbocycles. The van der Waals surface area contributed by atoms with Crippen molar-refractivity contribution < 1.29 is 29.7 Å². The van der Waals surface area contributed by atoms with E-state index >= 15 is 0 Å². The third-order valence-electron chi connectivity index (χ3n) is 5.05. The van der Waals surface area contributed by atoms with E-state index in [1.807, 2.05) is 0 Å². The molecule has 2 aromatic rings. The maximum atomic E-state index is 13.0. The molecule has 7 nitrogen and oxygen atoms in total. The highest BCUT2D eigenvalue weighted by atomic mass is 16.4. The first-order valence-corrected chi connectivity index (χ1v) is 9.17. The molecule has 1 aliphatic carbocycles. The van der Waals surface area contributed by atoms with Crippen LogP contribution in [0.25, 0.3) is 11.3 Å². The average molecular weight is 383 g/mol. The highest BCUT2D eigenvalue weighted by molar-refractivity contribution is 6.05. The van der Waals surface area contributed by atoms with E-state index in [1.54, 1.807) is 12.1 Å². The highest BCUT2D eigenvalue weighted by Crippen LogP contribution is 2.28. The Balaban J connectivity index is 1.98. The molecule has 2 atom stereocenters. The Bertz CT molecular complexity index is 906. The minimum absolute atomic E-state index is 0.119. The van der Waals surface area contributed by atoms with Gasteiger partial charge in [0.2, 0.25) is 0 Å². The fourth-order valence-corrected chi connectivity index (χ4v) is 3.53. The van der Waals surface area contributed by atoms with Crippen LogP contribution in [0.15, 0.2) is 36.4 Å². The number of aliphatic hydroxyl groups excluding tert-OH is 1. The molecule has 3 rings (SSSR count). The van der Waals surface area contributed by atoms with Gasteiger partial charge in [-0.3, -0.25) is 4.79 Å². The lowest BCUT2D eigenvalue weighted by Gasteiger charge is -2.16. The standard InChI is InChI=1S/C21H21NO6/c23-15-4-2-1-3-14(11-15)19(24)18-16(21(27)28)9-10-17(22-18)12-5-7-13(8-6-12)20(25)26/h5-10,14-15,23H,1-4,11H2,(H,25,26)(H,27,28)/t14-,15-/m1/s1. The number of aromatic nitrogens is 1. The van der Waals surface area contributed by atoms with Crippen LogP contribution in [0.1, 0.15) is 63.3 Å². The Kier molecular flexibility index (Phi) is 5.84. The number of rotatable bonds is 5. The topological polar surface area (TPSA) is 125 Å². The van der Waals surface area contributed by atoms with Gasteiger partial charge in [0, 0.05) is 11.5 Å². The molecule has 1 saturated carbocycles. The maximum Gasteiger partial charge on any atom is 0.338 e. The molecule has 146 valence electrons. The lowest BCUT2D eigenvalue weighted by Crippen LogP contribution is -2.23. The number of hydrogen-bond donors (Lipinski definition) is 3. The second-order valence-corrected chi connectivity index (χ2v) is 7.02. The van der Waals surface area contributed by atoms with Crippen molar-refractivity contribution >= 4 is 17.7 Å². The summed E-state index contributed by atoms with van der Waals surface area (Å²) in [6.45, 7) is 0. The zero-order valence-electron chi connectivity index (χ0n) is 15.2. The first-order chi connectivity index (χ1) is 13.4. The second-order valence-electron chi connectivity index (χ2n) is 7.02. The summed E-state index contributed by atoms with van der Waals surface area (Å²) in [6, 6.07) is 8.82. The summed E-state index contributed by atoms with van der Waals surface area (Å²) in [5.41, 5.74) is 0.798. The number of hydrogen-bond acceptors (Lipinski definition) is 5. The number of carboxylic acids is 2. The number of aliphatic hydroxyl groups is 1. The van der Waals surface area contributed by atoms with E-state index in [2.05, 4.69) is 4.98 Å². The van der Waals surface area contributed by atoms with Gasteiger partial charge in [-0.25, -0.2) is 14.6 Å². The van der Waals surface area contributed by atoms with Crippen LogP contribution in [0.3, 0.4) is 0 Å². The van der Waals surface area contributed by atoms with E-state index < -0.39 is 24.0 Å². The summed E-state index contributed by atoms with van der Waals surface area (Å²) in [7, 11) is 0. The van der Waals surface area contributed by atoms with Crippen LogP contribution in [0.4, 0.5) is 0 Å². The first kappa shape index (κ1) is 19.7. The number of ketones is 1. The summed E-state index contributed by atoms with van der Waals surface area (Å²) < 4.78 is 0. The van der Waals surface area contributed by atoms with Crippen molar-refractivity contribution in [1.82, 2.24) is 4.98 Å². The fraction of sp³-hybridized carbons (Fsp3) is 0.333. The molecule has 0 saturated heterocycles. The van der Waals surface area contributed by atoms with Crippen LogP contribution in [-0.2, 0) is 0 Å². The quantitative estimate of drug-likeness (QED) is 0.534. The number of Topliss-reactive ketones (excluding diaryl/α,β-unsaturated/α-hetero) is 1. The summed E-state index contributed by atoms with van der Waals surface area (Å²) in [4.78, 5) is 39.9. The number of nitrogens with zero attached hydrogens (tertiary/aromatic N) is 1. The van der Waals surface area contributed by atoms with Gasteiger partial charge in [-0.15, -0.1) is 0 Å². The van der Waals surface area contributed by atoms with Gasteiger partial charge in [-0.1, -0.05) is 25.0 Å². The van der Waals surface area contributed by atoms with E-state index in [4.69, 9.17) is 5.11 Å². The Hall–Kier alpha value is -3.06. The predicted molar refractivity (Wildman–Crippen MR) is 101 cm³/mol. The van der Waals surface area contributed by atoms with E-state index in [-0.39, 0.29) is 22.6 Å². The van der Waals surface area contributed by atoms with E-state index in [9.17, 15) is 24.6 Å². The summed E-state index contributed by atoms with van der Waals surface area (Å²) in [5, 5.41) is 28.5. The summed E-state index contributed by atoms with van der Waals surface area (Å²) >= 11 is 0. The normalized spacial score (nSPS) is 19.6. The molecule has 1 aliphatic rings. The van der Waals surface area contributed by atoms with Gasteiger partial charge < -0.3 is 15.3 Å². The minimum Gasteiger partial charge on any atom is -0.478 e. The molecule has 0 radical (unpaired) electrons. The molecule has 1 aromatic heterocycles. The molecule has 3 N–H and O–H groups in total. The molecule has 0 spiro atoms. The third-order valence-corrected chi connectivity index (χ3v) is 5.05. The van der Waals surface area contributed by atoms with Crippen molar-refractivity contribution in [2.45, 2.75) is 38.2 Å². The maximum absolute atomic E-state index is 13.0. The molecule has 0 aliphatic heterocycles. The molecule has 1 heterocycles. The molecular formula is C21H21NO6. The second kappa shape index (κ2) is 8.31. The van der Waals surface area contributed by atoms with Crippen molar-refractivity contribution in [1.29, 1.82) is 0 Å². The largest absolute Gasteiger partial charge is 0.478 e. The van der Waals surface area contributed by atoms with Crippen LogP contribution >= 0.6 is 0 Å². The fourth-order valence-electron chi connectivity index (χ4n) is 3.53. The third kappa shape index (κ3) is 4.26. The van der Waals surface area contributed by atoms with Crippen LogP contribution < -0.4 is 0 Å². The molecule has 1 fully saturated rings. The Morgan fingerprint density at radius 1 is 0.893 bits per heavy atom. The van der Waals surface area contributed by atoms with Gasteiger partial charge >= 0.3 is 11.9 Å². The van der Waals surface area contributed by atoms with E-state index in [0.29, 0.717) is 30.5 Å². The van der Waals surface area contributed by atoms with Gasteiger partial charge in [0.1, 0.15) is 5.69 Å². The van der Waals surface area contributed by atoms with Crippen LogP contribution in [-0.4, -0.2) is 44.1 Å². The van der Waals surface area contributed by atoms with Crippen LogP contribution in [0, 0.1) is 5.92 Å². The number of aromatic carboxylic acids is 2. The van der Waals surface area contributed by atoms with Crippen molar-refractivity contribution in [3.05, 3.63) is 53.2 Å². The number of pyridine rings is 1. The number of carboxylic acid groups (broad SMARTS) is 2. The smallest absolute Gasteiger partial charge is 0.338 e. The molecular weight excluding hydrogens is 362 g/mol. The van der Waals surface area contributed by atoms with Gasteiger partial charge in [-0.2, -0.15) is 0 Å². The van der Waals surface area contributed by atoms with E-state index in [1.165, 1.54) is 24.3 Å². The van der Waals surface area contributed by atoms with Gasteiger partial charge in [0.15, 0.2) is 5.78 Å². The van der Waals surface area contributed by atoms with Crippen molar-refractivity contribution in [2.24, 2.45) is 5.92 Å².